The van der Waals surface area contributed by atoms with Gasteiger partial charge >= 0.3 is 12.0 Å². The van der Waals surface area contributed by atoms with E-state index in [1.165, 1.54) is 0 Å². The van der Waals surface area contributed by atoms with Gasteiger partial charge in [-0.3, -0.25) is 10.9 Å². The molecule has 4 N–H and O–H groups in total. The van der Waals surface area contributed by atoms with E-state index in [0.29, 0.717) is 11.4 Å². The van der Waals surface area contributed by atoms with Crippen LogP contribution in [-0.4, -0.2) is 23.1 Å². The van der Waals surface area contributed by atoms with Crippen LogP contribution in [0.4, 0.5) is 10.5 Å². The van der Waals surface area contributed by atoms with Crippen molar-refractivity contribution in [3.63, 3.8) is 0 Å². The maximum Gasteiger partial charge on any atom is 0.334 e. The lowest BCUT2D eigenvalue weighted by Crippen LogP contribution is -2.48. The Labute approximate surface area is 145 Å². The van der Waals surface area contributed by atoms with Crippen LogP contribution in [0.5, 0.6) is 0 Å². The van der Waals surface area contributed by atoms with E-state index < -0.39 is 18.0 Å². The second kappa shape index (κ2) is 8.83. The van der Waals surface area contributed by atoms with Crippen molar-refractivity contribution in [2.45, 2.75) is 18.2 Å². The first-order valence-electron chi connectivity index (χ1n) is 7.37. The molecule has 0 saturated carbocycles. The molecule has 2 amide bonds. The van der Waals surface area contributed by atoms with Crippen LogP contribution in [0.1, 0.15) is 11.1 Å². The Kier molecular flexibility index (Phi) is 6.51. The number of thiol groups is 1. The number of urea groups is 1. The van der Waals surface area contributed by atoms with Crippen LogP contribution in [0.25, 0.3) is 0 Å². The second-order valence-corrected chi connectivity index (χ2v) is 5.48. The summed E-state index contributed by atoms with van der Waals surface area (Å²) in [5.74, 6) is -0.458. The average Bonchev–Trinajstić information content (AvgIpc) is 2.60. The summed E-state index contributed by atoms with van der Waals surface area (Å²) >= 11 is 4.17. The van der Waals surface area contributed by atoms with E-state index in [4.69, 9.17) is 0 Å². The topological polar surface area (TPSA) is 90.5 Å². The molecule has 0 bridgehead atoms. The highest BCUT2D eigenvalue weighted by molar-refractivity contribution is 7.79. The number of benzene rings is 2. The monoisotopic (exact) mass is 345 g/mol. The van der Waals surface area contributed by atoms with Gasteiger partial charge in [0.05, 0.1) is 5.69 Å². The number of carbonyl (C=O) groups is 2. The fourth-order valence-electron chi connectivity index (χ4n) is 2.07. The third-order valence-electron chi connectivity index (χ3n) is 3.34. The van der Waals surface area contributed by atoms with Gasteiger partial charge in [-0.05, 0) is 23.3 Å². The van der Waals surface area contributed by atoms with Gasteiger partial charge in [0.15, 0.2) is 0 Å². The van der Waals surface area contributed by atoms with E-state index in [1.54, 1.807) is 12.1 Å². The molecule has 0 saturated heterocycles. The summed E-state index contributed by atoms with van der Waals surface area (Å²) in [6.45, 7) is 0. The second-order valence-electron chi connectivity index (χ2n) is 5.16. The molecular weight excluding hydrogens is 326 g/mol. The molecule has 1 atom stereocenters. The fourth-order valence-corrected chi connectivity index (χ4v) is 2.28. The van der Waals surface area contributed by atoms with Crippen molar-refractivity contribution in [2.75, 3.05) is 5.43 Å². The number of anilines is 1. The Morgan fingerprint density at radius 3 is 2.25 bits per heavy atom. The van der Waals surface area contributed by atoms with Gasteiger partial charge < -0.3 is 10.4 Å². The Bertz CT molecular complexity index is 677. The van der Waals surface area contributed by atoms with Crippen molar-refractivity contribution in [1.82, 2.24) is 10.7 Å². The molecule has 7 heteroatoms. The van der Waals surface area contributed by atoms with Gasteiger partial charge in [-0.15, -0.1) is 0 Å². The highest BCUT2D eigenvalue weighted by atomic mass is 32.1. The molecule has 0 aromatic heterocycles. The van der Waals surface area contributed by atoms with E-state index in [-0.39, 0.29) is 6.42 Å². The molecule has 2 aromatic rings. The minimum absolute atomic E-state index is 0.209. The molecule has 0 aliphatic heterocycles. The van der Waals surface area contributed by atoms with Gasteiger partial charge in [-0.2, -0.15) is 12.6 Å². The lowest BCUT2D eigenvalue weighted by molar-refractivity contribution is -0.139. The van der Waals surface area contributed by atoms with Crippen LogP contribution in [-0.2, 0) is 17.0 Å². The number of carboxylic acids is 1. The number of hydrogen-bond donors (Lipinski definition) is 5. The van der Waals surface area contributed by atoms with Gasteiger partial charge in [-0.25, -0.2) is 9.59 Å². The summed E-state index contributed by atoms with van der Waals surface area (Å²) < 4.78 is 0. The van der Waals surface area contributed by atoms with Gasteiger partial charge in [0.25, 0.3) is 0 Å². The van der Waals surface area contributed by atoms with E-state index in [0.717, 1.165) is 11.1 Å². The fraction of sp³-hybridized carbons (Fsp3) is 0.176. The largest absolute Gasteiger partial charge is 0.480 e. The summed E-state index contributed by atoms with van der Waals surface area (Å²) in [6, 6.07) is 14.9. The third-order valence-corrected chi connectivity index (χ3v) is 3.71. The van der Waals surface area contributed by atoms with Crippen LogP contribution >= 0.6 is 12.6 Å². The summed E-state index contributed by atoms with van der Waals surface area (Å²) in [7, 11) is 0. The third kappa shape index (κ3) is 5.51. The summed E-state index contributed by atoms with van der Waals surface area (Å²) in [4.78, 5) is 23.2. The average molecular weight is 345 g/mol. The van der Waals surface area contributed by atoms with Gasteiger partial charge in [0.2, 0.25) is 0 Å². The van der Waals surface area contributed by atoms with E-state index in [9.17, 15) is 14.7 Å². The molecule has 0 heterocycles. The zero-order chi connectivity index (χ0) is 17.4. The summed E-state index contributed by atoms with van der Waals surface area (Å²) in [5, 5.41) is 11.7. The highest BCUT2D eigenvalue weighted by Gasteiger charge is 2.20. The molecule has 0 aliphatic carbocycles. The zero-order valence-corrected chi connectivity index (χ0v) is 13.8. The van der Waals surface area contributed by atoms with Crippen LogP contribution in [0.2, 0.25) is 0 Å². The molecule has 2 rings (SSSR count). The normalized spacial score (nSPS) is 11.4. The molecule has 0 fully saturated rings. The Morgan fingerprint density at radius 1 is 1.00 bits per heavy atom. The van der Waals surface area contributed by atoms with E-state index >= 15 is 0 Å². The Hall–Kier alpha value is -2.67. The zero-order valence-electron chi connectivity index (χ0n) is 12.9. The quantitative estimate of drug-likeness (QED) is 0.394. The minimum Gasteiger partial charge on any atom is -0.480 e. The first-order valence-corrected chi connectivity index (χ1v) is 8.01. The van der Waals surface area contributed by atoms with Gasteiger partial charge in [-0.1, -0.05) is 42.5 Å². The molecule has 2 aromatic carbocycles. The van der Waals surface area contributed by atoms with Crippen molar-refractivity contribution >= 4 is 30.3 Å². The number of amides is 2. The van der Waals surface area contributed by atoms with Crippen molar-refractivity contribution in [3.05, 3.63) is 65.7 Å². The van der Waals surface area contributed by atoms with Crippen LogP contribution in [0.3, 0.4) is 0 Å². The molecule has 0 aliphatic rings. The van der Waals surface area contributed by atoms with Crippen molar-refractivity contribution in [2.24, 2.45) is 0 Å². The van der Waals surface area contributed by atoms with E-state index in [1.807, 2.05) is 42.5 Å². The number of carboxylic acid groups (broad SMARTS) is 1. The van der Waals surface area contributed by atoms with Crippen molar-refractivity contribution in [3.8, 4) is 0 Å². The summed E-state index contributed by atoms with van der Waals surface area (Å²) in [5.41, 5.74) is 7.73. The molecule has 126 valence electrons. The molecule has 0 radical (unpaired) electrons. The summed E-state index contributed by atoms with van der Waals surface area (Å²) in [6.07, 6.45) is 0.209. The van der Waals surface area contributed by atoms with Crippen molar-refractivity contribution in [1.29, 1.82) is 0 Å². The predicted molar refractivity (Wildman–Crippen MR) is 96.0 cm³/mol. The minimum atomic E-state index is -1.09. The number of aliphatic carboxylic acids is 1. The number of carbonyl (C=O) groups excluding carboxylic acids is 1. The smallest absolute Gasteiger partial charge is 0.334 e. The van der Waals surface area contributed by atoms with Crippen LogP contribution in [0.15, 0.2) is 54.6 Å². The number of hydrazine groups is 1. The standard InChI is InChI=1S/C17H19N3O3S/c21-16(22)15(10-12-4-2-1-3-5-12)18-17(23)20-19-14-8-6-13(11-24)7-9-14/h1-9,15,19,24H,10-11H2,(H,21,22)(H2,18,20,23). The Morgan fingerprint density at radius 2 is 1.67 bits per heavy atom. The maximum atomic E-state index is 11.9. The first-order chi connectivity index (χ1) is 11.6. The predicted octanol–water partition coefficient (Wildman–Crippen LogP) is 2.44. The molecule has 0 spiro atoms. The number of nitrogens with one attached hydrogen (secondary N) is 3. The molecule has 6 nitrogen and oxygen atoms in total. The molecule has 1 unspecified atom stereocenters. The van der Waals surface area contributed by atoms with Crippen LogP contribution in [0, 0.1) is 0 Å². The number of rotatable bonds is 7. The maximum absolute atomic E-state index is 11.9. The van der Waals surface area contributed by atoms with E-state index in [2.05, 4.69) is 28.8 Å². The highest BCUT2D eigenvalue weighted by Crippen LogP contribution is 2.10. The number of hydrogen-bond acceptors (Lipinski definition) is 4. The first kappa shape index (κ1) is 17.7. The van der Waals surface area contributed by atoms with Gasteiger partial charge in [0, 0.05) is 12.2 Å². The Balaban J connectivity index is 1.87. The molecule has 24 heavy (non-hydrogen) atoms. The van der Waals surface area contributed by atoms with Gasteiger partial charge in [0.1, 0.15) is 6.04 Å². The SMILES string of the molecule is O=C(NNc1ccc(CS)cc1)NC(Cc1ccccc1)C(=O)O. The lowest BCUT2D eigenvalue weighted by Gasteiger charge is -2.16. The lowest BCUT2D eigenvalue weighted by atomic mass is 10.1. The van der Waals surface area contributed by atoms with Crippen molar-refractivity contribution < 1.29 is 14.7 Å². The molecular formula is C17H19N3O3S. The van der Waals surface area contributed by atoms with Crippen LogP contribution < -0.4 is 16.2 Å².